The molecule has 2 aromatic heterocycles. The Morgan fingerprint density at radius 2 is 1.10 bits per heavy atom. The predicted octanol–water partition coefficient (Wildman–Crippen LogP) is 21.0. The molecule has 0 spiro atoms. The molecule has 0 amide bonds. The molecule has 83 heavy (non-hydrogen) atoms. The molecule has 3 nitrogen and oxygen atoms in total. The van der Waals surface area contributed by atoms with Gasteiger partial charge in [0.2, 0.25) is 0 Å². The molecule has 17 rings (SSSR count). The van der Waals surface area contributed by atoms with Crippen molar-refractivity contribution in [1.82, 2.24) is 0 Å². The summed E-state index contributed by atoms with van der Waals surface area (Å²) in [5, 5.41) is 7.39. The summed E-state index contributed by atoms with van der Waals surface area (Å²) in [4.78, 5) is 5.54. The Morgan fingerprint density at radius 1 is 0.494 bits per heavy atom. The lowest BCUT2D eigenvalue weighted by atomic mass is 9.43. The monoisotopic (exact) mass is 1100 g/mol. The molecule has 0 radical (unpaired) electrons. The molecule has 9 aromatic carbocycles. The minimum absolute atomic E-state index is 0.0582. The first kappa shape index (κ1) is 50.4. The van der Waals surface area contributed by atoms with Crippen LogP contribution in [0.3, 0.4) is 0 Å². The van der Waals surface area contributed by atoms with E-state index in [9.17, 15) is 0 Å². The highest BCUT2D eigenvalue weighted by molar-refractivity contribution is 7.26. The quantitative estimate of drug-likeness (QED) is 0.160. The van der Waals surface area contributed by atoms with Crippen LogP contribution in [0.1, 0.15) is 129 Å². The molecule has 4 saturated carbocycles. The number of furan rings is 1. The smallest absolute Gasteiger partial charge is 0.333 e. The fraction of sp³-hybridized carbons (Fsp3) is 0.333. The fourth-order valence-electron chi connectivity index (χ4n) is 19.2. The summed E-state index contributed by atoms with van der Waals surface area (Å²) in [6.07, 6.45) is 13.2. The molecule has 4 atom stereocenters. The van der Waals surface area contributed by atoms with E-state index in [-0.39, 0.29) is 23.1 Å². The van der Waals surface area contributed by atoms with Crippen molar-refractivity contribution in [3.63, 3.8) is 0 Å². The van der Waals surface area contributed by atoms with E-state index >= 15 is 0 Å². The second kappa shape index (κ2) is 18.2. The highest BCUT2D eigenvalue weighted by Gasteiger charge is 2.51. The van der Waals surface area contributed by atoms with Gasteiger partial charge in [0.25, 0.3) is 0 Å². The Labute approximate surface area is 494 Å². The van der Waals surface area contributed by atoms with Gasteiger partial charge in [-0.25, -0.2) is 0 Å². The molecule has 4 fully saturated rings. The predicted molar refractivity (Wildman–Crippen MR) is 355 cm³/mol. The lowest BCUT2D eigenvalue weighted by Crippen LogP contribution is -2.61. The van der Waals surface area contributed by atoms with Crippen LogP contribution in [0.5, 0.6) is 0 Å². The van der Waals surface area contributed by atoms with Gasteiger partial charge in [0.05, 0.1) is 16.1 Å². The van der Waals surface area contributed by atoms with E-state index in [0.29, 0.717) is 11.8 Å². The molecule has 4 aliphatic carbocycles. The molecule has 412 valence electrons. The van der Waals surface area contributed by atoms with E-state index in [1.165, 1.54) is 162 Å². The van der Waals surface area contributed by atoms with Crippen LogP contribution < -0.4 is 20.6 Å². The third-order valence-electron chi connectivity index (χ3n) is 21.8. The summed E-state index contributed by atoms with van der Waals surface area (Å²) in [5.41, 5.74) is 20.7. The molecule has 5 heteroatoms. The minimum atomic E-state index is -0.172. The van der Waals surface area contributed by atoms with Crippen LogP contribution in [0.2, 0.25) is 0 Å². The first-order chi connectivity index (χ1) is 40.2. The number of fused-ring (bicyclic) bond motifs is 16. The Bertz CT molecular complexity index is 4430. The van der Waals surface area contributed by atoms with Gasteiger partial charge in [-0.1, -0.05) is 146 Å². The summed E-state index contributed by atoms with van der Waals surface area (Å²) in [5.74, 6) is 4.54. The van der Waals surface area contributed by atoms with Crippen molar-refractivity contribution in [3.8, 4) is 22.3 Å². The van der Waals surface area contributed by atoms with Crippen LogP contribution in [0.4, 0.5) is 28.4 Å². The van der Waals surface area contributed by atoms with Crippen molar-refractivity contribution in [1.29, 1.82) is 0 Å². The molecule has 4 bridgehead atoms. The van der Waals surface area contributed by atoms with Crippen LogP contribution >= 0.6 is 11.3 Å². The minimum Gasteiger partial charge on any atom is -0.456 e. The van der Waals surface area contributed by atoms with E-state index in [1.54, 1.807) is 11.1 Å². The second-order valence-electron chi connectivity index (χ2n) is 29.0. The van der Waals surface area contributed by atoms with Gasteiger partial charge in [-0.3, -0.25) is 0 Å². The number of nitrogens with zero attached hydrogens (tertiary/aromatic N) is 2. The van der Waals surface area contributed by atoms with Gasteiger partial charge in [-0.05, 0) is 238 Å². The molecule has 0 saturated heterocycles. The zero-order valence-electron chi connectivity index (χ0n) is 49.5. The maximum atomic E-state index is 7.20. The Hall–Kier alpha value is -7.08. The van der Waals surface area contributed by atoms with Crippen molar-refractivity contribution in [2.45, 2.75) is 129 Å². The van der Waals surface area contributed by atoms with Crippen molar-refractivity contribution in [2.75, 3.05) is 9.71 Å². The van der Waals surface area contributed by atoms with Crippen molar-refractivity contribution >= 4 is 110 Å². The van der Waals surface area contributed by atoms with Gasteiger partial charge in [0.1, 0.15) is 11.2 Å². The van der Waals surface area contributed by atoms with Crippen LogP contribution in [-0.2, 0) is 16.2 Å². The van der Waals surface area contributed by atoms with Gasteiger partial charge >= 0.3 is 6.85 Å². The fourth-order valence-corrected chi connectivity index (χ4v) is 20.4. The molecule has 0 N–H and O–H groups in total. The van der Waals surface area contributed by atoms with Gasteiger partial charge in [-0.2, -0.15) is 0 Å². The summed E-state index contributed by atoms with van der Waals surface area (Å²) in [6.45, 7) is 17.0. The van der Waals surface area contributed by atoms with Crippen molar-refractivity contribution in [3.05, 3.63) is 187 Å². The van der Waals surface area contributed by atoms with E-state index in [0.717, 1.165) is 45.6 Å². The zero-order chi connectivity index (χ0) is 55.8. The molecule has 11 aromatic rings. The number of rotatable bonds is 5. The summed E-state index contributed by atoms with van der Waals surface area (Å²) in [6, 6.07) is 67.1. The summed E-state index contributed by atoms with van der Waals surface area (Å²) >= 11 is 1.98. The molecule has 4 unspecified atom stereocenters. The Morgan fingerprint density at radius 3 is 1.80 bits per heavy atom. The topological polar surface area (TPSA) is 19.6 Å². The maximum absolute atomic E-state index is 7.20. The van der Waals surface area contributed by atoms with Gasteiger partial charge in [0, 0.05) is 54.4 Å². The first-order valence-electron chi connectivity index (χ1n) is 31.7. The normalized spacial score (nSPS) is 25.6. The summed E-state index contributed by atoms with van der Waals surface area (Å²) < 4.78 is 9.87. The van der Waals surface area contributed by atoms with Crippen LogP contribution in [0.25, 0.3) is 75.1 Å². The lowest BCUT2D eigenvalue weighted by Gasteiger charge is -2.51. The maximum Gasteiger partial charge on any atom is 0.333 e. The number of thiophene rings is 1. The number of hydrogen-bond donors (Lipinski definition) is 0. The first-order valence-corrected chi connectivity index (χ1v) is 32.5. The molecule has 4 heterocycles. The average molecular weight is 1100 g/mol. The average Bonchev–Trinajstić information content (AvgIpc) is 2.01. The van der Waals surface area contributed by atoms with E-state index < -0.39 is 0 Å². The number of hydrogen-bond acceptors (Lipinski definition) is 4. The lowest BCUT2D eigenvalue weighted by molar-refractivity contribution is 0.0779. The van der Waals surface area contributed by atoms with E-state index in [4.69, 9.17) is 4.42 Å². The largest absolute Gasteiger partial charge is 0.456 e. The number of anilines is 5. The van der Waals surface area contributed by atoms with E-state index in [1.807, 2.05) is 11.3 Å². The van der Waals surface area contributed by atoms with Gasteiger partial charge in [-0.15, -0.1) is 11.3 Å². The molecular formula is C78H75BN2OS. The highest BCUT2D eigenvalue weighted by Crippen LogP contribution is 2.59. The SMILES string of the molecule is CC1CC2CC(C)CC(c3ccc(N4B5c6cc7oc8cc9ccccc9cc8c7cc6N(c6ccc(C(C)(C)C)cc6-c6ccccc6)c6c5c(cc5c6sc6ccccc65)-c5cc(C67CC(C)CC(CC(C)C6)C7)ccc54)cc3)(C1)C2. The number of benzene rings is 9. The van der Waals surface area contributed by atoms with E-state index in [2.05, 4.69) is 228 Å². The van der Waals surface area contributed by atoms with Crippen molar-refractivity contribution < 1.29 is 4.42 Å². The zero-order valence-corrected chi connectivity index (χ0v) is 50.3. The van der Waals surface area contributed by atoms with Crippen LogP contribution in [-0.4, -0.2) is 6.85 Å². The van der Waals surface area contributed by atoms with Crippen LogP contribution in [0, 0.1) is 35.5 Å². The molecule has 6 aliphatic rings. The third kappa shape index (κ3) is 7.74. The van der Waals surface area contributed by atoms with Gasteiger partial charge < -0.3 is 14.1 Å². The summed E-state index contributed by atoms with van der Waals surface area (Å²) in [7, 11) is 0. The highest BCUT2D eigenvalue weighted by atomic mass is 32.1. The Balaban J connectivity index is 0.995. The molecule has 2 aliphatic heterocycles. The molecular weight excluding hydrogens is 1020 g/mol. The third-order valence-corrected chi connectivity index (χ3v) is 23.0. The van der Waals surface area contributed by atoms with Gasteiger partial charge in [0.15, 0.2) is 0 Å². The Kier molecular flexibility index (Phi) is 11.1. The standard InChI is InChI=1S/C78H75BN2OS/c1-46-29-50-30-47(2)41-77(40-46,44-50)55-21-25-58(26-22-55)81-68-28-24-57(78-42-48(3)31-51(45-78)32-49(4)43-78)36-61(68)64-37-65-59-19-13-14-20-72(59)83-75(65)74-73(64)79(81)66-39-71-63(62-33-53-17-11-12-18-54(53)34-70(62)82-71)38-69(66)80(74)67-27-23-56(76(5,6)7)35-60(67)52-15-9-8-10-16-52/h8-28,33-39,46-51H,29-32,40-45H2,1-7H3. The second-order valence-corrected chi connectivity index (χ2v) is 30.0. The van der Waals surface area contributed by atoms with Crippen molar-refractivity contribution in [2.24, 2.45) is 35.5 Å². The van der Waals surface area contributed by atoms with Crippen LogP contribution in [0.15, 0.2) is 174 Å².